The van der Waals surface area contributed by atoms with Crippen LogP contribution in [-0.2, 0) is 4.79 Å². The number of rotatable bonds is 5. The van der Waals surface area contributed by atoms with Crippen molar-refractivity contribution in [2.24, 2.45) is 23.5 Å². The molecule has 0 spiro atoms. The molecule has 3 N–H and O–H groups in total. The molecule has 0 saturated heterocycles. The summed E-state index contributed by atoms with van der Waals surface area (Å²) >= 11 is 0. The van der Waals surface area contributed by atoms with Crippen LogP contribution in [0.3, 0.4) is 0 Å². The Kier molecular flexibility index (Phi) is 4.15. The van der Waals surface area contributed by atoms with Crippen molar-refractivity contribution in [3.05, 3.63) is 17.7 Å². The second kappa shape index (κ2) is 6.10. The zero-order valence-electron chi connectivity index (χ0n) is 13.4. The van der Waals surface area contributed by atoms with Gasteiger partial charge in [0.25, 0.3) is 5.91 Å². The van der Waals surface area contributed by atoms with E-state index < -0.39 is 5.91 Å². The Hall–Kier alpha value is -2.24. The van der Waals surface area contributed by atoms with Crippen molar-refractivity contribution >= 4 is 17.5 Å². The lowest BCUT2D eigenvalue weighted by molar-refractivity contribution is -0.121. The number of ether oxygens (including phenoxy) is 2. The lowest BCUT2D eigenvalue weighted by atomic mass is 9.88. The lowest BCUT2D eigenvalue weighted by Gasteiger charge is -2.22. The van der Waals surface area contributed by atoms with Gasteiger partial charge >= 0.3 is 0 Å². The monoisotopic (exact) mass is 318 g/mol. The summed E-state index contributed by atoms with van der Waals surface area (Å²) in [5, 5.41) is 2.87. The summed E-state index contributed by atoms with van der Waals surface area (Å²) < 4.78 is 10.4. The van der Waals surface area contributed by atoms with Gasteiger partial charge in [0.05, 0.1) is 25.5 Å². The van der Waals surface area contributed by atoms with Crippen LogP contribution < -0.4 is 20.5 Å². The summed E-state index contributed by atoms with van der Waals surface area (Å²) in [6.45, 7) is 0. The molecule has 2 fully saturated rings. The molecule has 2 saturated carbocycles. The van der Waals surface area contributed by atoms with Crippen LogP contribution in [0.2, 0.25) is 0 Å². The molecule has 6 nitrogen and oxygen atoms in total. The van der Waals surface area contributed by atoms with E-state index in [4.69, 9.17) is 15.2 Å². The predicted molar refractivity (Wildman–Crippen MR) is 85.6 cm³/mol. The number of benzene rings is 1. The molecule has 0 radical (unpaired) electrons. The Morgan fingerprint density at radius 1 is 1.13 bits per heavy atom. The molecule has 2 aliphatic rings. The highest BCUT2D eigenvalue weighted by atomic mass is 16.5. The van der Waals surface area contributed by atoms with Crippen LogP contribution in [0.1, 0.15) is 36.0 Å². The molecule has 1 aromatic carbocycles. The fourth-order valence-corrected chi connectivity index (χ4v) is 3.98. The molecular weight excluding hydrogens is 296 g/mol. The number of carbonyl (C=O) groups excluding carboxylic acids is 2. The van der Waals surface area contributed by atoms with Gasteiger partial charge in [0.15, 0.2) is 11.5 Å². The van der Waals surface area contributed by atoms with Gasteiger partial charge in [-0.05, 0) is 37.2 Å². The van der Waals surface area contributed by atoms with Gasteiger partial charge in [-0.3, -0.25) is 9.59 Å². The summed E-state index contributed by atoms with van der Waals surface area (Å²) in [7, 11) is 2.99. The van der Waals surface area contributed by atoms with Gasteiger partial charge in [-0.2, -0.15) is 0 Å². The topological polar surface area (TPSA) is 90.6 Å². The van der Waals surface area contributed by atoms with Crippen molar-refractivity contribution in [3.63, 3.8) is 0 Å². The number of hydrogen-bond donors (Lipinski definition) is 2. The second-order valence-corrected chi connectivity index (χ2v) is 6.39. The van der Waals surface area contributed by atoms with Crippen molar-refractivity contribution in [1.29, 1.82) is 0 Å². The maximum Gasteiger partial charge on any atom is 0.250 e. The van der Waals surface area contributed by atoms with Crippen molar-refractivity contribution in [3.8, 4) is 11.5 Å². The Morgan fingerprint density at radius 2 is 1.83 bits per heavy atom. The van der Waals surface area contributed by atoms with Gasteiger partial charge in [0.2, 0.25) is 5.91 Å². The highest BCUT2D eigenvalue weighted by Crippen LogP contribution is 2.48. The van der Waals surface area contributed by atoms with Gasteiger partial charge in [-0.1, -0.05) is 6.42 Å². The largest absolute Gasteiger partial charge is 0.493 e. The summed E-state index contributed by atoms with van der Waals surface area (Å²) in [6, 6.07) is 3.08. The summed E-state index contributed by atoms with van der Waals surface area (Å²) in [5.74, 6) is 1.37. The third kappa shape index (κ3) is 2.85. The number of nitrogens with one attached hydrogen (secondary N) is 1. The van der Waals surface area contributed by atoms with E-state index in [-0.39, 0.29) is 17.4 Å². The average Bonchev–Trinajstić information content (AvgIpc) is 3.17. The standard InChI is InChI=1S/C17H22N2O4/c1-22-14-7-12(16(18)20)13(8-15(14)23-2)19-17(21)11-6-9-3-4-10(11)5-9/h7-11H,3-6H2,1-2H3,(H2,18,20)(H,19,21). The van der Waals surface area contributed by atoms with Gasteiger partial charge in [0.1, 0.15) is 0 Å². The molecule has 23 heavy (non-hydrogen) atoms. The third-order valence-electron chi connectivity index (χ3n) is 5.12. The van der Waals surface area contributed by atoms with Crippen LogP contribution in [-0.4, -0.2) is 26.0 Å². The Labute approximate surface area is 135 Å². The fraction of sp³-hybridized carbons (Fsp3) is 0.529. The van der Waals surface area contributed by atoms with E-state index in [1.54, 1.807) is 6.07 Å². The van der Waals surface area contributed by atoms with Crippen LogP contribution in [0, 0.1) is 17.8 Å². The summed E-state index contributed by atoms with van der Waals surface area (Å²) in [6.07, 6.45) is 4.44. The zero-order valence-corrected chi connectivity index (χ0v) is 13.4. The SMILES string of the molecule is COc1cc(NC(=O)C2CC3CCC2C3)c(C(N)=O)cc1OC. The van der Waals surface area contributed by atoms with Crippen LogP contribution in [0.15, 0.2) is 12.1 Å². The lowest BCUT2D eigenvalue weighted by Crippen LogP contribution is -2.28. The first-order valence-corrected chi connectivity index (χ1v) is 7.90. The van der Waals surface area contributed by atoms with E-state index >= 15 is 0 Å². The van der Waals surface area contributed by atoms with E-state index in [9.17, 15) is 9.59 Å². The highest BCUT2D eigenvalue weighted by molar-refractivity contribution is 6.04. The van der Waals surface area contributed by atoms with Crippen molar-refractivity contribution in [2.75, 3.05) is 19.5 Å². The smallest absolute Gasteiger partial charge is 0.250 e. The number of amides is 2. The van der Waals surface area contributed by atoms with E-state index in [1.807, 2.05) is 0 Å². The molecule has 0 aromatic heterocycles. The van der Waals surface area contributed by atoms with E-state index in [1.165, 1.54) is 26.7 Å². The number of anilines is 1. The first-order valence-electron chi connectivity index (χ1n) is 7.90. The van der Waals surface area contributed by atoms with E-state index in [0.29, 0.717) is 29.0 Å². The van der Waals surface area contributed by atoms with Crippen LogP contribution in [0.25, 0.3) is 0 Å². The molecule has 1 aromatic rings. The van der Waals surface area contributed by atoms with Crippen LogP contribution >= 0.6 is 0 Å². The number of methoxy groups -OCH3 is 2. The number of carbonyl (C=O) groups is 2. The fourth-order valence-electron chi connectivity index (χ4n) is 3.98. The molecule has 3 atom stereocenters. The predicted octanol–water partition coefficient (Wildman–Crippen LogP) is 2.18. The Morgan fingerprint density at radius 3 is 2.35 bits per heavy atom. The minimum absolute atomic E-state index is 0.0302. The molecule has 0 heterocycles. The first-order chi connectivity index (χ1) is 11.0. The van der Waals surface area contributed by atoms with Crippen LogP contribution in [0.4, 0.5) is 5.69 Å². The first kappa shape index (κ1) is 15.6. The van der Waals surface area contributed by atoms with Crippen molar-refractivity contribution in [2.45, 2.75) is 25.7 Å². The van der Waals surface area contributed by atoms with Crippen molar-refractivity contribution in [1.82, 2.24) is 0 Å². The molecule has 2 amide bonds. The van der Waals surface area contributed by atoms with Gasteiger partial charge in [0, 0.05) is 12.0 Å². The van der Waals surface area contributed by atoms with Gasteiger partial charge in [-0.25, -0.2) is 0 Å². The number of nitrogens with two attached hydrogens (primary N) is 1. The summed E-state index contributed by atoms with van der Waals surface area (Å²) in [4.78, 5) is 24.3. The maximum absolute atomic E-state index is 12.6. The highest BCUT2D eigenvalue weighted by Gasteiger charge is 2.43. The molecule has 3 rings (SSSR count). The maximum atomic E-state index is 12.6. The zero-order chi connectivity index (χ0) is 16.6. The molecule has 0 aliphatic heterocycles. The number of primary amides is 1. The minimum Gasteiger partial charge on any atom is -0.493 e. The molecule has 3 unspecified atom stereocenters. The van der Waals surface area contributed by atoms with E-state index in [2.05, 4.69) is 5.32 Å². The molecule has 124 valence electrons. The minimum atomic E-state index is -0.616. The summed E-state index contributed by atoms with van der Waals surface area (Å²) in [5.41, 5.74) is 6.03. The normalized spacial score (nSPS) is 25.2. The Bertz CT molecular complexity index is 644. The van der Waals surface area contributed by atoms with Gasteiger partial charge < -0.3 is 20.5 Å². The molecule has 2 bridgehead atoms. The molecular formula is C17H22N2O4. The quantitative estimate of drug-likeness (QED) is 0.870. The second-order valence-electron chi connectivity index (χ2n) is 6.39. The third-order valence-corrected chi connectivity index (χ3v) is 5.12. The number of hydrogen-bond acceptors (Lipinski definition) is 4. The number of fused-ring (bicyclic) bond motifs is 2. The molecule has 6 heteroatoms. The average molecular weight is 318 g/mol. The molecule has 2 aliphatic carbocycles. The van der Waals surface area contributed by atoms with E-state index in [0.717, 1.165) is 19.3 Å². The Balaban J connectivity index is 1.86. The van der Waals surface area contributed by atoms with Crippen LogP contribution in [0.5, 0.6) is 11.5 Å². The van der Waals surface area contributed by atoms with Crippen molar-refractivity contribution < 1.29 is 19.1 Å². The van der Waals surface area contributed by atoms with Gasteiger partial charge in [-0.15, -0.1) is 0 Å².